The summed E-state index contributed by atoms with van der Waals surface area (Å²) in [7, 11) is 3.48. The topological polar surface area (TPSA) is 84.8 Å². The third kappa shape index (κ3) is 2.66. The van der Waals surface area contributed by atoms with Crippen molar-refractivity contribution >= 4 is 33.8 Å². The highest BCUT2D eigenvalue weighted by atomic mass is 32.1. The van der Waals surface area contributed by atoms with Gasteiger partial charge in [0.2, 0.25) is 0 Å². The van der Waals surface area contributed by atoms with Gasteiger partial charge in [0, 0.05) is 30.1 Å². The molecule has 1 amide bonds. The third-order valence-electron chi connectivity index (χ3n) is 4.02. The number of aromatic nitrogens is 4. The van der Waals surface area contributed by atoms with Crippen LogP contribution in [0.4, 0.5) is 5.69 Å². The van der Waals surface area contributed by atoms with E-state index >= 15 is 0 Å². The predicted molar refractivity (Wildman–Crippen MR) is 97.1 cm³/mol. The molecule has 8 heteroatoms. The number of nitrogens with one attached hydrogen (secondary N) is 2. The first-order valence-electron chi connectivity index (χ1n) is 7.55. The van der Waals surface area contributed by atoms with E-state index in [1.807, 2.05) is 41.3 Å². The Labute approximate surface area is 147 Å². The van der Waals surface area contributed by atoms with Gasteiger partial charge in [0.05, 0.1) is 24.5 Å². The zero-order chi connectivity index (χ0) is 17.4. The minimum absolute atomic E-state index is 0.211. The predicted octanol–water partition coefficient (Wildman–Crippen LogP) is 3.29. The van der Waals surface area contributed by atoms with Crippen molar-refractivity contribution in [2.75, 3.05) is 12.4 Å². The van der Waals surface area contributed by atoms with E-state index in [0.717, 1.165) is 21.7 Å². The fraction of sp³-hybridized carbons (Fsp3) is 0.118. The second kappa shape index (κ2) is 6.06. The third-order valence-corrected chi connectivity index (χ3v) is 4.81. The van der Waals surface area contributed by atoms with Crippen LogP contribution in [0.25, 0.3) is 21.6 Å². The minimum Gasteiger partial charge on any atom is -0.497 e. The first kappa shape index (κ1) is 15.4. The van der Waals surface area contributed by atoms with Gasteiger partial charge < -0.3 is 14.6 Å². The number of carbonyl (C=O) groups is 1. The fourth-order valence-electron chi connectivity index (χ4n) is 2.73. The van der Waals surface area contributed by atoms with Crippen LogP contribution in [0.3, 0.4) is 0 Å². The number of hydrogen-bond acceptors (Lipinski definition) is 5. The Kier molecular flexibility index (Phi) is 3.73. The number of hydrogen-bond donors (Lipinski definition) is 2. The average Bonchev–Trinajstić information content (AvgIpc) is 3.35. The van der Waals surface area contributed by atoms with Crippen molar-refractivity contribution in [1.82, 2.24) is 19.7 Å². The highest BCUT2D eigenvalue weighted by Gasteiger charge is 2.17. The van der Waals surface area contributed by atoms with Crippen LogP contribution >= 0.6 is 11.3 Å². The number of rotatable bonds is 4. The summed E-state index contributed by atoms with van der Waals surface area (Å²) in [5.41, 5.74) is 2.78. The molecular weight excluding hydrogens is 338 g/mol. The van der Waals surface area contributed by atoms with Crippen LogP contribution in [0.1, 0.15) is 10.5 Å². The molecule has 0 atom stereocenters. The van der Waals surface area contributed by atoms with Crippen molar-refractivity contribution in [1.29, 1.82) is 0 Å². The summed E-state index contributed by atoms with van der Waals surface area (Å²) in [6.07, 6.45) is 3.30. The van der Waals surface area contributed by atoms with Crippen LogP contribution in [0.2, 0.25) is 0 Å². The number of methoxy groups -OCH3 is 1. The molecule has 0 unspecified atom stereocenters. The lowest BCUT2D eigenvalue weighted by molar-refractivity contribution is 0.102. The molecule has 0 radical (unpaired) electrons. The molecule has 2 N–H and O–H groups in total. The quantitative estimate of drug-likeness (QED) is 0.590. The molecule has 0 aliphatic heterocycles. The largest absolute Gasteiger partial charge is 0.497 e. The second-order valence-corrected chi connectivity index (χ2v) is 6.36. The van der Waals surface area contributed by atoms with Gasteiger partial charge in [-0.15, -0.1) is 11.3 Å². The van der Waals surface area contributed by atoms with E-state index in [-0.39, 0.29) is 5.91 Å². The Morgan fingerprint density at radius 1 is 1.36 bits per heavy atom. The average molecular weight is 353 g/mol. The molecule has 25 heavy (non-hydrogen) atoms. The van der Waals surface area contributed by atoms with Gasteiger partial charge in [-0.1, -0.05) is 0 Å². The van der Waals surface area contributed by atoms with Gasteiger partial charge in [-0.25, -0.2) is 4.98 Å². The Balaban J connectivity index is 1.67. The summed E-state index contributed by atoms with van der Waals surface area (Å²) in [6, 6.07) is 7.57. The number of anilines is 1. The second-order valence-electron chi connectivity index (χ2n) is 5.46. The van der Waals surface area contributed by atoms with Crippen molar-refractivity contribution in [3.63, 3.8) is 0 Å². The monoisotopic (exact) mass is 353 g/mol. The minimum atomic E-state index is -0.211. The number of H-pyrrole nitrogens is 1. The Morgan fingerprint density at radius 2 is 2.24 bits per heavy atom. The van der Waals surface area contributed by atoms with Crippen LogP contribution in [-0.4, -0.2) is 32.8 Å². The van der Waals surface area contributed by atoms with Crippen molar-refractivity contribution in [2.45, 2.75) is 0 Å². The molecule has 126 valence electrons. The number of benzene rings is 1. The summed E-state index contributed by atoms with van der Waals surface area (Å²) in [6.45, 7) is 0. The number of nitrogens with zero attached hydrogens (tertiary/aromatic N) is 3. The lowest BCUT2D eigenvalue weighted by Crippen LogP contribution is -2.15. The number of amides is 1. The van der Waals surface area contributed by atoms with E-state index in [0.29, 0.717) is 17.1 Å². The van der Waals surface area contributed by atoms with Crippen LogP contribution in [0.5, 0.6) is 5.75 Å². The van der Waals surface area contributed by atoms with Crippen LogP contribution < -0.4 is 10.1 Å². The highest BCUT2D eigenvalue weighted by molar-refractivity contribution is 7.13. The SMILES string of the molecule is COc1ccc2cc(C(=O)Nc3cn[nH]c3-c3nccs3)n(C)c2c1. The molecule has 0 aliphatic carbocycles. The molecule has 3 heterocycles. The number of carbonyl (C=O) groups excluding carboxylic acids is 1. The molecule has 0 bridgehead atoms. The molecule has 4 rings (SSSR count). The van der Waals surface area contributed by atoms with E-state index in [2.05, 4.69) is 20.5 Å². The summed E-state index contributed by atoms with van der Waals surface area (Å²) in [4.78, 5) is 17.0. The van der Waals surface area contributed by atoms with Crippen LogP contribution in [-0.2, 0) is 7.05 Å². The maximum atomic E-state index is 12.8. The maximum absolute atomic E-state index is 12.8. The first-order chi connectivity index (χ1) is 12.2. The Hall–Kier alpha value is -3.13. The molecule has 1 aromatic carbocycles. The van der Waals surface area contributed by atoms with E-state index in [4.69, 9.17) is 4.74 Å². The number of fused-ring (bicyclic) bond motifs is 1. The lowest BCUT2D eigenvalue weighted by Gasteiger charge is -2.06. The Morgan fingerprint density at radius 3 is 3.00 bits per heavy atom. The molecule has 3 aromatic heterocycles. The molecule has 7 nitrogen and oxygen atoms in total. The molecule has 0 fully saturated rings. The highest BCUT2D eigenvalue weighted by Crippen LogP contribution is 2.28. The number of aromatic amines is 1. The van der Waals surface area contributed by atoms with Gasteiger partial charge in [0.1, 0.15) is 22.1 Å². The summed E-state index contributed by atoms with van der Waals surface area (Å²) in [5, 5.41) is 13.4. The van der Waals surface area contributed by atoms with E-state index in [9.17, 15) is 4.79 Å². The standard InChI is InChI=1S/C17H15N5O2S/c1-22-13-8-11(24-2)4-3-10(13)7-14(22)16(23)20-12-9-19-21-15(12)17-18-5-6-25-17/h3-9H,1-2H3,(H,19,21)(H,20,23). The van der Waals surface area contributed by atoms with Crippen LogP contribution in [0, 0.1) is 0 Å². The Bertz CT molecular complexity index is 1050. The lowest BCUT2D eigenvalue weighted by atomic mass is 10.2. The van der Waals surface area contributed by atoms with Gasteiger partial charge in [-0.3, -0.25) is 9.89 Å². The molecule has 4 aromatic rings. The van der Waals surface area contributed by atoms with Crippen molar-refractivity contribution in [3.05, 3.63) is 47.7 Å². The fourth-order valence-corrected chi connectivity index (χ4v) is 3.38. The maximum Gasteiger partial charge on any atom is 0.272 e. The number of thiazole rings is 1. The van der Waals surface area contributed by atoms with Crippen LogP contribution in [0.15, 0.2) is 42.0 Å². The smallest absolute Gasteiger partial charge is 0.272 e. The van der Waals surface area contributed by atoms with Gasteiger partial charge in [0.25, 0.3) is 5.91 Å². The normalized spacial score (nSPS) is 11.0. The van der Waals surface area contributed by atoms with Gasteiger partial charge >= 0.3 is 0 Å². The molecule has 0 saturated carbocycles. The van der Waals surface area contributed by atoms with Gasteiger partial charge in [-0.2, -0.15) is 5.10 Å². The number of aryl methyl sites for hydroxylation is 1. The van der Waals surface area contributed by atoms with Crippen molar-refractivity contribution in [3.8, 4) is 16.5 Å². The summed E-state index contributed by atoms with van der Waals surface area (Å²) in [5.74, 6) is 0.540. The van der Waals surface area contributed by atoms with E-state index in [1.54, 1.807) is 19.5 Å². The van der Waals surface area contributed by atoms with E-state index < -0.39 is 0 Å². The summed E-state index contributed by atoms with van der Waals surface area (Å²) >= 11 is 1.48. The first-order valence-corrected chi connectivity index (χ1v) is 8.43. The summed E-state index contributed by atoms with van der Waals surface area (Å²) < 4.78 is 7.10. The molecule has 0 aliphatic rings. The number of ether oxygens (including phenoxy) is 1. The van der Waals surface area contributed by atoms with Gasteiger partial charge in [0.15, 0.2) is 0 Å². The zero-order valence-electron chi connectivity index (χ0n) is 13.6. The van der Waals surface area contributed by atoms with Gasteiger partial charge in [-0.05, 0) is 18.2 Å². The van der Waals surface area contributed by atoms with Crippen molar-refractivity contribution in [2.24, 2.45) is 7.05 Å². The molecule has 0 spiro atoms. The molecular formula is C17H15N5O2S. The van der Waals surface area contributed by atoms with Crippen molar-refractivity contribution < 1.29 is 9.53 Å². The molecule has 0 saturated heterocycles. The van der Waals surface area contributed by atoms with E-state index in [1.165, 1.54) is 11.3 Å². The zero-order valence-corrected chi connectivity index (χ0v) is 14.4.